The van der Waals surface area contributed by atoms with Crippen molar-refractivity contribution in [2.75, 3.05) is 11.1 Å². The van der Waals surface area contributed by atoms with E-state index in [1.54, 1.807) is 17.7 Å². The van der Waals surface area contributed by atoms with Gasteiger partial charge in [0.25, 0.3) is 0 Å². The number of nitrogens with two attached hydrogens (primary N) is 1. The van der Waals surface area contributed by atoms with Gasteiger partial charge in [0.1, 0.15) is 11.7 Å². The Morgan fingerprint density at radius 2 is 2.25 bits per heavy atom. The Balaban J connectivity index is 2.09. The van der Waals surface area contributed by atoms with Gasteiger partial charge < -0.3 is 11.1 Å². The van der Waals surface area contributed by atoms with Gasteiger partial charge in [0.2, 0.25) is 5.91 Å². The lowest BCUT2D eigenvalue weighted by Crippen LogP contribution is -2.20. The molecule has 20 heavy (non-hydrogen) atoms. The third-order valence-corrected chi connectivity index (χ3v) is 3.94. The van der Waals surface area contributed by atoms with Crippen molar-refractivity contribution >= 4 is 44.8 Å². The van der Waals surface area contributed by atoms with Gasteiger partial charge in [0, 0.05) is 0 Å². The molecule has 106 valence electrons. The Kier molecular flexibility index (Phi) is 4.29. The number of carbonyl (C=O) groups is 1. The Bertz CT molecular complexity index is 670. The molecular formula is C12H13BrClN5O. The van der Waals surface area contributed by atoms with Crippen molar-refractivity contribution in [1.29, 1.82) is 0 Å². The zero-order chi connectivity index (χ0) is 14.9. The molecule has 8 heteroatoms. The molecule has 6 nitrogen and oxygen atoms in total. The summed E-state index contributed by atoms with van der Waals surface area (Å²) in [4.78, 5) is 15.9. The number of nitrogen functional groups attached to an aromatic ring is 1. The Morgan fingerprint density at radius 1 is 1.55 bits per heavy atom. The minimum atomic E-state index is -0.216. The van der Waals surface area contributed by atoms with Gasteiger partial charge in [-0.2, -0.15) is 5.10 Å². The largest absolute Gasteiger partial charge is 0.396 e. The van der Waals surface area contributed by atoms with Crippen molar-refractivity contribution in [3.05, 3.63) is 33.3 Å². The average molecular weight is 359 g/mol. The predicted molar refractivity (Wildman–Crippen MR) is 81.7 cm³/mol. The first kappa shape index (κ1) is 14.8. The molecule has 2 heterocycles. The first-order chi connectivity index (χ1) is 9.38. The summed E-state index contributed by atoms with van der Waals surface area (Å²) in [5.74, 6) is -0.216. The summed E-state index contributed by atoms with van der Waals surface area (Å²) in [6, 6.07) is 1.68. The van der Waals surface area contributed by atoms with E-state index in [4.69, 9.17) is 17.3 Å². The van der Waals surface area contributed by atoms with Crippen molar-refractivity contribution in [2.24, 2.45) is 0 Å². The molecule has 0 saturated heterocycles. The molecule has 0 bridgehead atoms. The third-order valence-electron chi connectivity index (χ3n) is 2.81. The SMILES string of the molecule is Cc1nn(CC(=O)Nc2cnc(Cl)c(Br)c2)c(C)c1N. The first-order valence-electron chi connectivity index (χ1n) is 5.79. The second kappa shape index (κ2) is 5.80. The van der Waals surface area contributed by atoms with E-state index >= 15 is 0 Å². The van der Waals surface area contributed by atoms with Crippen LogP contribution in [0.1, 0.15) is 11.4 Å². The zero-order valence-electron chi connectivity index (χ0n) is 10.9. The Labute approximate surface area is 129 Å². The van der Waals surface area contributed by atoms with Crippen LogP contribution >= 0.6 is 27.5 Å². The molecule has 0 spiro atoms. The van der Waals surface area contributed by atoms with E-state index in [1.165, 1.54) is 6.20 Å². The molecule has 0 saturated carbocycles. The van der Waals surface area contributed by atoms with Crippen LogP contribution in [0.4, 0.5) is 11.4 Å². The highest BCUT2D eigenvalue weighted by atomic mass is 79.9. The number of rotatable bonds is 3. The van der Waals surface area contributed by atoms with Crippen LogP contribution in [0.2, 0.25) is 5.15 Å². The first-order valence-corrected chi connectivity index (χ1v) is 6.96. The van der Waals surface area contributed by atoms with E-state index in [9.17, 15) is 4.79 Å². The second-order valence-corrected chi connectivity index (χ2v) is 5.50. The van der Waals surface area contributed by atoms with Gasteiger partial charge in [-0.3, -0.25) is 9.48 Å². The summed E-state index contributed by atoms with van der Waals surface area (Å²) < 4.78 is 2.19. The van der Waals surface area contributed by atoms with E-state index in [0.29, 0.717) is 26.7 Å². The van der Waals surface area contributed by atoms with Gasteiger partial charge in [0.15, 0.2) is 0 Å². The van der Waals surface area contributed by atoms with E-state index in [-0.39, 0.29) is 12.5 Å². The summed E-state index contributed by atoms with van der Waals surface area (Å²) in [6.45, 7) is 3.71. The summed E-state index contributed by atoms with van der Waals surface area (Å²) in [6.07, 6.45) is 1.49. The molecule has 0 unspecified atom stereocenters. The fraction of sp³-hybridized carbons (Fsp3) is 0.250. The molecule has 0 aliphatic heterocycles. The van der Waals surface area contributed by atoms with Gasteiger partial charge in [-0.15, -0.1) is 0 Å². The molecule has 0 aromatic carbocycles. The van der Waals surface area contributed by atoms with Crippen LogP contribution < -0.4 is 11.1 Å². The van der Waals surface area contributed by atoms with E-state index in [2.05, 4.69) is 31.3 Å². The summed E-state index contributed by atoms with van der Waals surface area (Å²) in [5.41, 5.74) is 8.47. The topological polar surface area (TPSA) is 85.8 Å². The second-order valence-electron chi connectivity index (χ2n) is 4.29. The number of hydrogen-bond acceptors (Lipinski definition) is 4. The standard InChI is InChI=1S/C12H13BrClN5O/c1-6-11(15)7(2)19(18-6)5-10(20)17-8-3-9(13)12(14)16-4-8/h3-4H,5,15H2,1-2H3,(H,17,20). The summed E-state index contributed by atoms with van der Waals surface area (Å²) >= 11 is 9.04. The Morgan fingerprint density at radius 3 is 2.80 bits per heavy atom. The van der Waals surface area contributed by atoms with Gasteiger partial charge in [0.05, 0.1) is 33.4 Å². The fourth-order valence-corrected chi connectivity index (χ4v) is 2.14. The molecule has 0 atom stereocenters. The minimum absolute atomic E-state index is 0.0874. The smallest absolute Gasteiger partial charge is 0.246 e. The number of carbonyl (C=O) groups excluding carboxylic acids is 1. The molecule has 1 amide bonds. The minimum Gasteiger partial charge on any atom is -0.396 e. The Hall–Kier alpha value is -1.60. The van der Waals surface area contributed by atoms with Crippen molar-refractivity contribution in [1.82, 2.24) is 14.8 Å². The van der Waals surface area contributed by atoms with Crippen LogP contribution in [0.5, 0.6) is 0 Å². The number of nitrogens with zero attached hydrogens (tertiary/aromatic N) is 3. The van der Waals surface area contributed by atoms with Crippen molar-refractivity contribution in [3.63, 3.8) is 0 Å². The lowest BCUT2D eigenvalue weighted by molar-refractivity contribution is -0.116. The molecule has 0 aliphatic carbocycles. The van der Waals surface area contributed by atoms with E-state index in [1.807, 2.05) is 6.92 Å². The van der Waals surface area contributed by atoms with Crippen LogP contribution in [-0.2, 0) is 11.3 Å². The van der Waals surface area contributed by atoms with Crippen LogP contribution in [0.15, 0.2) is 16.7 Å². The highest BCUT2D eigenvalue weighted by Gasteiger charge is 2.12. The molecule has 2 aromatic heterocycles. The quantitative estimate of drug-likeness (QED) is 0.826. The van der Waals surface area contributed by atoms with Crippen molar-refractivity contribution in [3.8, 4) is 0 Å². The van der Waals surface area contributed by atoms with Crippen LogP contribution in [0.25, 0.3) is 0 Å². The van der Waals surface area contributed by atoms with Gasteiger partial charge in [-0.05, 0) is 35.8 Å². The van der Waals surface area contributed by atoms with Gasteiger partial charge in [-0.1, -0.05) is 11.6 Å². The highest BCUT2D eigenvalue weighted by molar-refractivity contribution is 9.10. The maximum absolute atomic E-state index is 12.0. The predicted octanol–water partition coefficient (Wildman–Crippen LogP) is 2.53. The van der Waals surface area contributed by atoms with E-state index < -0.39 is 0 Å². The molecule has 0 radical (unpaired) electrons. The van der Waals surface area contributed by atoms with Gasteiger partial charge in [-0.25, -0.2) is 4.98 Å². The molecule has 0 fully saturated rings. The lowest BCUT2D eigenvalue weighted by Gasteiger charge is -2.07. The molecular weight excluding hydrogens is 346 g/mol. The number of aromatic nitrogens is 3. The maximum atomic E-state index is 12.0. The normalized spacial score (nSPS) is 10.6. The third kappa shape index (κ3) is 3.10. The maximum Gasteiger partial charge on any atom is 0.246 e. The number of halogens is 2. The number of nitrogens with one attached hydrogen (secondary N) is 1. The summed E-state index contributed by atoms with van der Waals surface area (Å²) in [5, 5.41) is 7.27. The monoisotopic (exact) mass is 357 g/mol. The fourth-order valence-electron chi connectivity index (χ4n) is 1.69. The molecule has 2 aromatic rings. The van der Waals surface area contributed by atoms with Crippen LogP contribution in [-0.4, -0.2) is 20.7 Å². The zero-order valence-corrected chi connectivity index (χ0v) is 13.3. The number of pyridine rings is 1. The number of amides is 1. The molecule has 3 N–H and O–H groups in total. The average Bonchev–Trinajstić information content (AvgIpc) is 2.61. The van der Waals surface area contributed by atoms with E-state index in [0.717, 1.165) is 5.69 Å². The van der Waals surface area contributed by atoms with Gasteiger partial charge >= 0.3 is 0 Å². The lowest BCUT2D eigenvalue weighted by atomic mass is 10.3. The van der Waals surface area contributed by atoms with Crippen LogP contribution in [0.3, 0.4) is 0 Å². The highest BCUT2D eigenvalue weighted by Crippen LogP contribution is 2.23. The molecule has 2 rings (SSSR count). The molecule has 0 aliphatic rings. The van der Waals surface area contributed by atoms with Crippen LogP contribution in [0, 0.1) is 13.8 Å². The summed E-state index contributed by atoms with van der Waals surface area (Å²) in [7, 11) is 0. The number of anilines is 2. The van der Waals surface area contributed by atoms with Crippen molar-refractivity contribution in [2.45, 2.75) is 20.4 Å². The number of aryl methyl sites for hydroxylation is 1. The van der Waals surface area contributed by atoms with Crippen molar-refractivity contribution < 1.29 is 4.79 Å². The number of hydrogen-bond donors (Lipinski definition) is 2.